The first-order valence-electron chi connectivity index (χ1n) is 9.29. The van der Waals surface area contributed by atoms with Gasteiger partial charge in [0, 0.05) is 18.0 Å². The number of H-pyrrole nitrogens is 1. The number of benzene rings is 2. The highest BCUT2D eigenvalue weighted by atomic mass is 16.5. The number of hydrogen-bond acceptors (Lipinski definition) is 5. The summed E-state index contributed by atoms with van der Waals surface area (Å²) in [5.41, 5.74) is 1.33. The molecule has 8 heteroatoms. The molecule has 0 aliphatic rings. The van der Waals surface area contributed by atoms with Gasteiger partial charge in [0.15, 0.2) is 6.61 Å². The second kappa shape index (κ2) is 9.51. The molecule has 3 rings (SSSR count). The smallest absolute Gasteiger partial charge is 0.328 e. The number of esters is 1. The number of nitrogens with zero attached hydrogens (tertiary/aromatic N) is 2. The molecule has 154 valence electrons. The van der Waals surface area contributed by atoms with E-state index in [0.29, 0.717) is 12.2 Å². The van der Waals surface area contributed by atoms with Crippen molar-refractivity contribution in [3.05, 3.63) is 98.8 Å². The molecule has 0 aliphatic carbocycles. The maximum absolute atomic E-state index is 12.9. The van der Waals surface area contributed by atoms with Crippen LogP contribution in [0, 0.1) is 6.92 Å². The molecule has 0 saturated carbocycles. The van der Waals surface area contributed by atoms with E-state index in [1.807, 2.05) is 61.5 Å². The summed E-state index contributed by atoms with van der Waals surface area (Å²) in [5.74, 6) is -1.16. The standard InChI is InChI=1S/C22H21N3O5/c1-16-6-5-9-18(12-16)25(13-17-7-3-2-4-8-17)20(27)15-30-21(28)14-24-11-10-19(26)23-22(24)29/h2-12H,13-15H2,1H3,(H,23,26,29). The highest BCUT2D eigenvalue weighted by Gasteiger charge is 2.19. The van der Waals surface area contributed by atoms with Crippen LogP contribution in [-0.2, 0) is 27.4 Å². The van der Waals surface area contributed by atoms with Gasteiger partial charge in [-0.2, -0.15) is 0 Å². The van der Waals surface area contributed by atoms with Crippen LogP contribution >= 0.6 is 0 Å². The van der Waals surface area contributed by atoms with Gasteiger partial charge in [0.25, 0.3) is 11.5 Å². The molecule has 8 nitrogen and oxygen atoms in total. The number of carbonyl (C=O) groups excluding carboxylic acids is 2. The molecular weight excluding hydrogens is 386 g/mol. The molecule has 0 bridgehead atoms. The highest BCUT2D eigenvalue weighted by Crippen LogP contribution is 2.19. The summed E-state index contributed by atoms with van der Waals surface area (Å²) >= 11 is 0. The lowest BCUT2D eigenvalue weighted by molar-refractivity contribution is -0.148. The van der Waals surface area contributed by atoms with Crippen LogP contribution in [0.5, 0.6) is 0 Å². The zero-order valence-corrected chi connectivity index (χ0v) is 16.4. The Bertz CT molecular complexity index is 1150. The first kappa shape index (κ1) is 20.8. The lowest BCUT2D eigenvalue weighted by Gasteiger charge is -2.23. The van der Waals surface area contributed by atoms with Crippen molar-refractivity contribution in [1.82, 2.24) is 9.55 Å². The van der Waals surface area contributed by atoms with Crippen LogP contribution in [-0.4, -0.2) is 28.0 Å². The third-order valence-electron chi connectivity index (χ3n) is 4.35. The van der Waals surface area contributed by atoms with Crippen LogP contribution < -0.4 is 16.1 Å². The third kappa shape index (κ3) is 5.54. The Morgan fingerprint density at radius 3 is 2.50 bits per heavy atom. The SMILES string of the molecule is Cc1cccc(N(Cc2ccccc2)C(=O)COC(=O)Cn2ccc(=O)[nH]c2=O)c1. The molecule has 1 heterocycles. The molecule has 3 aromatic rings. The minimum absolute atomic E-state index is 0.320. The van der Waals surface area contributed by atoms with Crippen molar-refractivity contribution >= 4 is 17.6 Å². The fraction of sp³-hybridized carbons (Fsp3) is 0.182. The molecule has 2 aromatic carbocycles. The van der Waals surface area contributed by atoms with Gasteiger partial charge >= 0.3 is 11.7 Å². The van der Waals surface area contributed by atoms with Gasteiger partial charge in [0.05, 0.1) is 6.54 Å². The van der Waals surface area contributed by atoms with Crippen molar-refractivity contribution < 1.29 is 14.3 Å². The number of nitrogens with one attached hydrogen (secondary N) is 1. The third-order valence-corrected chi connectivity index (χ3v) is 4.35. The van der Waals surface area contributed by atoms with Crippen molar-refractivity contribution in [3.63, 3.8) is 0 Å². The topological polar surface area (TPSA) is 101 Å². The molecule has 0 aliphatic heterocycles. The van der Waals surface area contributed by atoms with Gasteiger partial charge in [-0.15, -0.1) is 0 Å². The van der Waals surface area contributed by atoms with Gasteiger partial charge in [0.1, 0.15) is 6.54 Å². The number of ether oxygens (including phenoxy) is 1. The highest BCUT2D eigenvalue weighted by molar-refractivity contribution is 5.95. The summed E-state index contributed by atoms with van der Waals surface area (Å²) in [5, 5.41) is 0. The van der Waals surface area contributed by atoms with E-state index < -0.39 is 36.3 Å². The largest absolute Gasteiger partial charge is 0.454 e. The lowest BCUT2D eigenvalue weighted by atomic mass is 10.1. The molecule has 0 radical (unpaired) electrons. The molecule has 1 N–H and O–H groups in total. The van der Waals surface area contributed by atoms with Crippen LogP contribution in [0.1, 0.15) is 11.1 Å². The second-order valence-corrected chi connectivity index (χ2v) is 6.70. The van der Waals surface area contributed by atoms with Gasteiger partial charge < -0.3 is 9.64 Å². The van der Waals surface area contributed by atoms with Gasteiger partial charge in [0.2, 0.25) is 0 Å². The van der Waals surface area contributed by atoms with Crippen molar-refractivity contribution in [1.29, 1.82) is 0 Å². The number of carbonyl (C=O) groups is 2. The Kier molecular flexibility index (Phi) is 6.59. The minimum atomic E-state index is -0.763. The Hall–Kier alpha value is -3.94. The van der Waals surface area contributed by atoms with Crippen molar-refractivity contribution in [2.45, 2.75) is 20.0 Å². The van der Waals surface area contributed by atoms with Crippen molar-refractivity contribution in [2.24, 2.45) is 0 Å². The Labute approximate surface area is 172 Å². The number of rotatable bonds is 7. The first-order valence-corrected chi connectivity index (χ1v) is 9.29. The quantitative estimate of drug-likeness (QED) is 0.600. The number of aromatic nitrogens is 2. The molecule has 30 heavy (non-hydrogen) atoms. The lowest BCUT2D eigenvalue weighted by Crippen LogP contribution is -2.36. The van der Waals surface area contributed by atoms with E-state index in [2.05, 4.69) is 4.98 Å². The molecular formula is C22H21N3O5. The average molecular weight is 407 g/mol. The molecule has 1 aromatic heterocycles. The predicted molar refractivity (Wildman–Crippen MR) is 111 cm³/mol. The van der Waals surface area contributed by atoms with E-state index in [4.69, 9.17) is 4.74 Å². The molecule has 0 saturated heterocycles. The Balaban J connectivity index is 1.70. The van der Waals surface area contributed by atoms with Gasteiger partial charge in [-0.1, -0.05) is 42.5 Å². The summed E-state index contributed by atoms with van der Waals surface area (Å²) in [6, 6.07) is 18.1. The van der Waals surface area contributed by atoms with E-state index in [1.54, 1.807) is 4.90 Å². The molecule has 0 unspecified atom stereocenters. The summed E-state index contributed by atoms with van der Waals surface area (Å²) in [7, 11) is 0. The Morgan fingerprint density at radius 1 is 1.03 bits per heavy atom. The van der Waals surface area contributed by atoms with E-state index >= 15 is 0 Å². The van der Waals surface area contributed by atoms with Crippen LogP contribution in [0.3, 0.4) is 0 Å². The number of anilines is 1. The second-order valence-electron chi connectivity index (χ2n) is 6.70. The average Bonchev–Trinajstić information content (AvgIpc) is 2.73. The molecule has 1 amide bonds. The number of aromatic amines is 1. The molecule has 0 fully saturated rings. The maximum Gasteiger partial charge on any atom is 0.328 e. The molecule has 0 atom stereocenters. The van der Waals surface area contributed by atoms with Crippen LogP contribution in [0.25, 0.3) is 0 Å². The van der Waals surface area contributed by atoms with E-state index in [-0.39, 0.29) is 0 Å². The zero-order valence-electron chi connectivity index (χ0n) is 16.4. The normalized spacial score (nSPS) is 10.4. The number of aryl methyl sites for hydroxylation is 1. The fourth-order valence-electron chi connectivity index (χ4n) is 2.86. The van der Waals surface area contributed by atoms with E-state index in [9.17, 15) is 19.2 Å². The Morgan fingerprint density at radius 2 is 1.80 bits per heavy atom. The van der Waals surface area contributed by atoms with Crippen LogP contribution in [0.2, 0.25) is 0 Å². The van der Waals surface area contributed by atoms with E-state index in [0.717, 1.165) is 21.8 Å². The summed E-state index contributed by atoms with van der Waals surface area (Å²) < 4.78 is 6.08. The van der Waals surface area contributed by atoms with Gasteiger partial charge in [-0.05, 0) is 30.2 Å². The van der Waals surface area contributed by atoms with Crippen LogP contribution in [0.15, 0.2) is 76.4 Å². The van der Waals surface area contributed by atoms with Crippen LogP contribution in [0.4, 0.5) is 5.69 Å². The summed E-state index contributed by atoms with van der Waals surface area (Å²) in [6.07, 6.45) is 1.19. The molecule has 0 spiro atoms. The van der Waals surface area contributed by atoms with Crippen molar-refractivity contribution in [2.75, 3.05) is 11.5 Å². The van der Waals surface area contributed by atoms with Gasteiger partial charge in [-0.25, -0.2) is 4.79 Å². The number of amides is 1. The summed E-state index contributed by atoms with van der Waals surface area (Å²) in [6.45, 7) is 1.36. The zero-order chi connectivity index (χ0) is 21.5. The van der Waals surface area contributed by atoms with Crippen molar-refractivity contribution in [3.8, 4) is 0 Å². The fourth-order valence-corrected chi connectivity index (χ4v) is 2.86. The number of hydrogen-bond donors (Lipinski definition) is 1. The minimum Gasteiger partial charge on any atom is -0.454 e. The first-order chi connectivity index (χ1) is 14.4. The monoisotopic (exact) mass is 407 g/mol. The predicted octanol–water partition coefficient (Wildman–Crippen LogP) is 1.62. The van der Waals surface area contributed by atoms with E-state index in [1.165, 1.54) is 6.20 Å². The maximum atomic E-state index is 12.9. The van der Waals surface area contributed by atoms with Gasteiger partial charge in [-0.3, -0.25) is 23.9 Å². The summed E-state index contributed by atoms with van der Waals surface area (Å²) in [4.78, 5) is 51.3.